The van der Waals surface area contributed by atoms with Crippen molar-refractivity contribution in [2.24, 2.45) is 0 Å². The molecule has 0 saturated heterocycles. The van der Waals surface area contributed by atoms with Gasteiger partial charge in [-0.2, -0.15) is 29.7 Å². The average Bonchev–Trinajstić information content (AvgIpc) is 3.33. The number of para-hydroxylation sites is 1. The number of nitrogens with one attached hydrogen (secondary N) is 1. The molecule has 1 N–H and O–H groups in total. The van der Waals surface area contributed by atoms with Crippen molar-refractivity contribution in [2.45, 2.75) is 0 Å². The Kier molecular flexibility index (Phi) is 10.2. The molecular formula is C24H19Cl2NZr. The monoisotopic (exact) mass is 481 g/mol. The van der Waals surface area contributed by atoms with Gasteiger partial charge in [-0.05, 0) is 17.8 Å². The van der Waals surface area contributed by atoms with Gasteiger partial charge >= 0.3 is 26.2 Å². The van der Waals surface area contributed by atoms with E-state index in [1.165, 1.54) is 21.5 Å². The van der Waals surface area contributed by atoms with E-state index in [4.69, 9.17) is 0 Å². The van der Waals surface area contributed by atoms with E-state index in [-0.39, 0.29) is 51.0 Å². The zero-order chi connectivity index (χ0) is 16.9. The number of fused-ring (bicyclic) bond motifs is 2. The van der Waals surface area contributed by atoms with Gasteiger partial charge in [0.25, 0.3) is 0 Å². The molecule has 0 fully saturated rings. The van der Waals surface area contributed by atoms with Crippen LogP contribution in [0.25, 0.3) is 21.5 Å². The van der Waals surface area contributed by atoms with Crippen LogP contribution in [0.1, 0.15) is 0 Å². The Bertz CT molecular complexity index is 1050. The topological polar surface area (TPSA) is 12.0 Å². The largest absolute Gasteiger partial charge is 4.00 e. The summed E-state index contributed by atoms with van der Waals surface area (Å²) in [6.45, 7) is 0. The van der Waals surface area contributed by atoms with E-state index in [2.05, 4.69) is 96.3 Å². The smallest absolute Gasteiger partial charge is 1.00 e. The predicted octanol–water partition coefficient (Wildman–Crippen LogP) is 0.867. The Morgan fingerprint density at radius 2 is 1.21 bits per heavy atom. The van der Waals surface area contributed by atoms with Crippen molar-refractivity contribution in [2.75, 3.05) is 5.32 Å². The van der Waals surface area contributed by atoms with Gasteiger partial charge in [-0.3, -0.25) is 0 Å². The Labute approximate surface area is 197 Å². The second kappa shape index (κ2) is 11.9. The van der Waals surface area contributed by atoms with Crippen molar-refractivity contribution >= 4 is 32.9 Å². The van der Waals surface area contributed by atoms with Gasteiger partial charge in [-0.25, -0.2) is 0 Å². The standard InChI is InChI=1S/C15H12N.C9H7.2ClH.Zr/c1-2-8-13(9-3-1)16-15-11-5-7-12-6-4-10-14(12)15;1-2-5-9-7-3-6-8(9)4-1;;;/h1-11,16H;1-7H;2*1H;/q2*-1;;;+4/p-2. The van der Waals surface area contributed by atoms with Crippen molar-refractivity contribution in [3.05, 3.63) is 109 Å². The molecule has 0 bridgehead atoms. The van der Waals surface area contributed by atoms with Crippen LogP contribution in [0.2, 0.25) is 0 Å². The van der Waals surface area contributed by atoms with Crippen LogP contribution in [-0.4, -0.2) is 0 Å². The van der Waals surface area contributed by atoms with Crippen molar-refractivity contribution in [3.8, 4) is 0 Å². The number of hydrogen-bond acceptors (Lipinski definition) is 1. The number of halogens is 2. The third kappa shape index (κ3) is 5.82. The first-order valence-corrected chi connectivity index (χ1v) is 8.47. The summed E-state index contributed by atoms with van der Waals surface area (Å²) in [5.41, 5.74) is 2.28. The molecule has 0 saturated carbocycles. The molecule has 0 spiro atoms. The number of hydrogen-bond donors (Lipinski definition) is 1. The fourth-order valence-electron chi connectivity index (χ4n) is 3.02. The molecule has 0 heterocycles. The third-order valence-corrected chi connectivity index (χ3v) is 4.28. The van der Waals surface area contributed by atoms with Crippen molar-refractivity contribution < 1.29 is 51.0 Å². The third-order valence-electron chi connectivity index (χ3n) is 4.28. The fraction of sp³-hybridized carbons (Fsp3) is 0. The molecule has 5 aromatic carbocycles. The summed E-state index contributed by atoms with van der Waals surface area (Å²) in [5.74, 6) is 0. The van der Waals surface area contributed by atoms with E-state index < -0.39 is 0 Å². The van der Waals surface area contributed by atoms with E-state index in [1.807, 2.05) is 18.2 Å². The van der Waals surface area contributed by atoms with Gasteiger partial charge in [-0.15, -0.1) is 52.6 Å². The minimum absolute atomic E-state index is 0. The summed E-state index contributed by atoms with van der Waals surface area (Å²) >= 11 is 0. The van der Waals surface area contributed by atoms with E-state index in [0.717, 1.165) is 11.4 Å². The van der Waals surface area contributed by atoms with E-state index >= 15 is 0 Å². The quantitative estimate of drug-likeness (QED) is 0.368. The summed E-state index contributed by atoms with van der Waals surface area (Å²) in [6.07, 6.45) is 0. The molecule has 0 unspecified atom stereocenters. The molecule has 4 heteroatoms. The summed E-state index contributed by atoms with van der Waals surface area (Å²) in [4.78, 5) is 0. The minimum Gasteiger partial charge on any atom is -1.00 e. The maximum atomic E-state index is 3.43. The minimum atomic E-state index is 0. The Morgan fingerprint density at radius 3 is 2.00 bits per heavy atom. The molecule has 0 aromatic heterocycles. The molecule has 5 aromatic rings. The van der Waals surface area contributed by atoms with Gasteiger partial charge in [0.05, 0.1) is 0 Å². The number of benzene rings is 3. The molecular weight excluding hydrogens is 464 g/mol. The summed E-state index contributed by atoms with van der Waals surface area (Å²) in [7, 11) is 0. The van der Waals surface area contributed by atoms with Crippen LogP contribution in [0.4, 0.5) is 11.4 Å². The van der Waals surface area contributed by atoms with Gasteiger partial charge in [0, 0.05) is 5.69 Å². The molecule has 0 aliphatic carbocycles. The molecule has 1 nitrogen and oxygen atoms in total. The first kappa shape index (κ1) is 24.2. The molecule has 138 valence electrons. The maximum absolute atomic E-state index is 3.43. The molecule has 0 radical (unpaired) electrons. The SMILES string of the molecule is [Cl-].[Cl-].[Zr+4].c1ccc(Nc2cccc3cc[cH-]c23)cc1.c1ccc2[cH-]ccc2c1. The molecule has 0 aliphatic heterocycles. The van der Waals surface area contributed by atoms with E-state index in [9.17, 15) is 0 Å². The van der Waals surface area contributed by atoms with Crippen LogP contribution in [0.5, 0.6) is 0 Å². The number of rotatable bonds is 2. The van der Waals surface area contributed by atoms with Crippen LogP contribution in [-0.2, 0) is 26.2 Å². The maximum Gasteiger partial charge on any atom is 4.00 e. The zero-order valence-corrected chi connectivity index (χ0v) is 19.1. The van der Waals surface area contributed by atoms with Crippen LogP contribution in [0.3, 0.4) is 0 Å². The first-order valence-electron chi connectivity index (χ1n) is 8.47. The summed E-state index contributed by atoms with van der Waals surface area (Å²) < 4.78 is 0. The molecule has 5 rings (SSSR count). The number of anilines is 2. The van der Waals surface area contributed by atoms with Gasteiger partial charge in [0.15, 0.2) is 0 Å². The Morgan fingerprint density at radius 1 is 0.571 bits per heavy atom. The van der Waals surface area contributed by atoms with Crippen LogP contribution in [0.15, 0.2) is 109 Å². The molecule has 0 amide bonds. The van der Waals surface area contributed by atoms with Crippen molar-refractivity contribution in [1.82, 2.24) is 0 Å². The van der Waals surface area contributed by atoms with Crippen molar-refractivity contribution in [3.63, 3.8) is 0 Å². The van der Waals surface area contributed by atoms with Gasteiger partial charge < -0.3 is 30.1 Å². The van der Waals surface area contributed by atoms with Crippen LogP contribution >= 0.6 is 0 Å². The zero-order valence-electron chi connectivity index (χ0n) is 15.1. The van der Waals surface area contributed by atoms with Gasteiger partial charge in [0.2, 0.25) is 0 Å². The van der Waals surface area contributed by atoms with E-state index in [0.29, 0.717) is 0 Å². The Balaban J connectivity index is 0.000000284. The van der Waals surface area contributed by atoms with Crippen LogP contribution < -0.4 is 30.1 Å². The van der Waals surface area contributed by atoms with E-state index in [1.54, 1.807) is 0 Å². The molecule has 0 aliphatic rings. The van der Waals surface area contributed by atoms with Crippen LogP contribution in [0, 0.1) is 0 Å². The van der Waals surface area contributed by atoms with Gasteiger partial charge in [-0.1, -0.05) is 36.4 Å². The van der Waals surface area contributed by atoms with Crippen molar-refractivity contribution in [1.29, 1.82) is 0 Å². The molecule has 0 atom stereocenters. The fourth-order valence-corrected chi connectivity index (χ4v) is 3.02. The predicted molar refractivity (Wildman–Crippen MR) is 109 cm³/mol. The van der Waals surface area contributed by atoms with Gasteiger partial charge in [0.1, 0.15) is 0 Å². The Hall–Kier alpha value is -1.86. The average molecular weight is 484 g/mol. The first-order chi connectivity index (χ1) is 12.4. The second-order valence-corrected chi connectivity index (χ2v) is 5.98. The second-order valence-electron chi connectivity index (χ2n) is 5.98. The summed E-state index contributed by atoms with van der Waals surface area (Å²) in [6, 6.07) is 37.6. The molecule has 28 heavy (non-hydrogen) atoms. The normalized spacial score (nSPS) is 9.29. The summed E-state index contributed by atoms with van der Waals surface area (Å²) in [5, 5.41) is 8.64.